The summed E-state index contributed by atoms with van der Waals surface area (Å²) in [6, 6.07) is 30.4. The molecule has 2 heterocycles. The van der Waals surface area contributed by atoms with Gasteiger partial charge in [-0.15, -0.1) is 11.8 Å². The van der Waals surface area contributed by atoms with Crippen molar-refractivity contribution in [2.24, 2.45) is 0 Å². The van der Waals surface area contributed by atoms with Gasteiger partial charge in [-0.25, -0.2) is 0 Å². The first-order valence-electron chi connectivity index (χ1n) is 19.1. The molecule has 0 radical (unpaired) electrons. The number of halogens is 2. The molecule has 4 aromatic rings. The van der Waals surface area contributed by atoms with Gasteiger partial charge in [-0.05, 0) is 69.8 Å². The largest absolute Gasteiger partial charge is 0.339 e. The lowest BCUT2D eigenvalue weighted by Gasteiger charge is -2.33. The topological polar surface area (TPSA) is 129 Å². The van der Waals surface area contributed by atoms with Crippen molar-refractivity contribution < 1.29 is 19.2 Å². The van der Waals surface area contributed by atoms with Crippen LogP contribution in [0.3, 0.4) is 0 Å². The lowest BCUT2D eigenvalue weighted by molar-refractivity contribution is -0.135. The van der Waals surface area contributed by atoms with Crippen LogP contribution < -0.4 is 0 Å². The minimum Gasteiger partial charge on any atom is -0.339 e. The molecule has 0 aliphatic carbocycles. The minimum absolute atomic E-state index is 0.00531. The van der Waals surface area contributed by atoms with Gasteiger partial charge in [0, 0.05) is 88.4 Å². The van der Waals surface area contributed by atoms with Crippen LogP contribution in [0.1, 0.15) is 68.9 Å². The third kappa shape index (κ3) is 10.4. The van der Waals surface area contributed by atoms with Crippen LogP contribution in [-0.4, -0.2) is 95.6 Å². The molecule has 2 aliphatic rings. The van der Waals surface area contributed by atoms with E-state index in [1.165, 1.54) is 37.8 Å². The van der Waals surface area contributed by atoms with E-state index in [0.29, 0.717) is 84.7 Å². The Hall–Kier alpha value is -5.85. The first-order valence-corrected chi connectivity index (χ1v) is 20.8. The van der Waals surface area contributed by atoms with Crippen LogP contribution in [0.15, 0.2) is 97.1 Å². The Morgan fingerprint density at radius 2 is 0.915 bits per heavy atom. The molecular formula is C46H42Cl2N6O4S. The molecule has 2 saturated heterocycles. The second-order valence-electron chi connectivity index (χ2n) is 14.2. The molecule has 0 spiro atoms. The summed E-state index contributed by atoms with van der Waals surface area (Å²) in [6.45, 7) is 6.87. The maximum atomic E-state index is 13.0. The summed E-state index contributed by atoms with van der Waals surface area (Å²) in [5.41, 5.74) is 5.24. The Balaban J connectivity index is 1.31. The minimum atomic E-state index is -0.510. The highest BCUT2D eigenvalue weighted by molar-refractivity contribution is 8.00. The standard InChI is InChI=1S/C46H42Cl2N6O4S/c1-31(55)51-19-23-53(24-20-51)43(57)17-13-33-11-15-39(41(47)27-33)45(37-9-5-3-7-35(37)29-49)59-46(38-10-6-4-8-36(38)30-50)40-16-12-34(28-42(40)48)14-18-44(58)54-25-21-52(22-26-54)32(2)56/h3-18,27-28,45-46H,19-26H2,1-2H3/b17-13+,18-14+. The molecule has 0 aromatic heterocycles. The average molecular weight is 846 g/mol. The van der Waals surface area contributed by atoms with E-state index in [4.69, 9.17) is 23.2 Å². The quantitative estimate of drug-likeness (QED) is 0.149. The fraction of sp³-hybridized carbons (Fsp3) is 0.261. The molecule has 59 heavy (non-hydrogen) atoms. The van der Waals surface area contributed by atoms with Crippen LogP contribution in [0.25, 0.3) is 12.2 Å². The van der Waals surface area contributed by atoms with Crippen molar-refractivity contribution in [3.63, 3.8) is 0 Å². The first kappa shape index (κ1) is 42.7. The molecule has 6 rings (SSSR count). The number of nitriles is 2. The van der Waals surface area contributed by atoms with Crippen molar-refractivity contribution in [2.45, 2.75) is 24.3 Å². The van der Waals surface area contributed by atoms with Gasteiger partial charge in [0.05, 0.1) is 33.8 Å². The van der Waals surface area contributed by atoms with Crippen LogP contribution in [0, 0.1) is 22.7 Å². The summed E-state index contributed by atoms with van der Waals surface area (Å²) in [7, 11) is 0. The van der Waals surface area contributed by atoms with E-state index in [2.05, 4.69) is 12.1 Å². The summed E-state index contributed by atoms with van der Waals surface area (Å²) in [5, 5.41) is 20.3. The van der Waals surface area contributed by atoms with E-state index in [1.54, 1.807) is 68.1 Å². The van der Waals surface area contributed by atoms with Gasteiger partial charge in [0.25, 0.3) is 0 Å². The number of carbonyl (C=O) groups excluding carboxylic acids is 4. The predicted octanol–water partition coefficient (Wildman–Crippen LogP) is 7.76. The number of amides is 4. The van der Waals surface area contributed by atoms with Crippen LogP contribution in [0.2, 0.25) is 10.0 Å². The number of rotatable bonds is 10. The number of nitrogens with zero attached hydrogens (tertiary/aromatic N) is 6. The van der Waals surface area contributed by atoms with E-state index < -0.39 is 10.5 Å². The Kier molecular flexibility index (Phi) is 14.3. The lowest BCUT2D eigenvalue weighted by atomic mass is 9.98. The van der Waals surface area contributed by atoms with E-state index in [9.17, 15) is 29.7 Å². The number of hydrogen-bond acceptors (Lipinski definition) is 7. The highest BCUT2D eigenvalue weighted by Crippen LogP contribution is 2.51. The molecule has 2 unspecified atom stereocenters. The number of hydrogen-bond donors (Lipinski definition) is 0. The normalized spacial score (nSPS) is 15.5. The van der Waals surface area contributed by atoms with Gasteiger partial charge in [0.2, 0.25) is 23.6 Å². The Morgan fingerprint density at radius 1 is 0.559 bits per heavy atom. The fourth-order valence-corrected chi connectivity index (χ4v) is 9.57. The molecule has 2 aliphatic heterocycles. The monoisotopic (exact) mass is 844 g/mol. The lowest BCUT2D eigenvalue weighted by Crippen LogP contribution is -2.49. The predicted molar refractivity (Wildman–Crippen MR) is 232 cm³/mol. The molecule has 300 valence electrons. The highest BCUT2D eigenvalue weighted by atomic mass is 35.5. The smallest absolute Gasteiger partial charge is 0.246 e. The maximum absolute atomic E-state index is 13.0. The first-order chi connectivity index (χ1) is 28.5. The molecule has 0 N–H and O–H groups in total. The summed E-state index contributed by atoms with van der Waals surface area (Å²) in [5.74, 6) is -0.320. The number of piperazine rings is 2. The van der Waals surface area contributed by atoms with Crippen LogP contribution >= 0.6 is 35.0 Å². The second kappa shape index (κ2) is 19.7. The number of carbonyl (C=O) groups is 4. The van der Waals surface area contributed by atoms with Crippen LogP contribution in [-0.2, 0) is 19.2 Å². The second-order valence-corrected chi connectivity index (χ2v) is 16.2. The maximum Gasteiger partial charge on any atom is 0.246 e. The van der Waals surface area contributed by atoms with Gasteiger partial charge in [-0.1, -0.05) is 83.9 Å². The van der Waals surface area contributed by atoms with Crippen molar-refractivity contribution >= 4 is 70.7 Å². The average Bonchev–Trinajstić information content (AvgIpc) is 3.25. The molecule has 10 nitrogen and oxygen atoms in total. The van der Waals surface area contributed by atoms with E-state index in [1.807, 2.05) is 48.5 Å². The van der Waals surface area contributed by atoms with Gasteiger partial charge in [0.15, 0.2) is 0 Å². The third-order valence-corrected chi connectivity index (χ3v) is 12.7. The summed E-state index contributed by atoms with van der Waals surface area (Å²) < 4.78 is 0. The van der Waals surface area contributed by atoms with Crippen molar-refractivity contribution in [3.8, 4) is 12.1 Å². The summed E-state index contributed by atoms with van der Waals surface area (Å²) >= 11 is 15.7. The molecule has 4 aromatic carbocycles. The Labute approximate surface area is 358 Å². The molecule has 13 heteroatoms. The Morgan fingerprint density at radius 3 is 1.25 bits per heavy atom. The summed E-state index contributed by atoms with van der Waals surface area (Å²) in [6.07, 6.45) is 6.44. The Bertz CT molecular complexity index is 2220. The van der Waals surface area contributed by atoms with Crippen molar-refractivity contribution in [3.05, 3.63) is 152 Å². The van der Waals surface area contributed by atoms with Crippen molar-refractivity contribution in [2.75, 3.05) is 52.4 Å². The van der Waals surface area contributed by atoms with Gasteiger partial charge in [-0.2, -0.15) is 10.5 Å². The zero-order valence-corrected chi connectivity index (χ0v) is 35.0. The van der Waals surface area contributed by atoms with E-state index in [-0.39, 0.29) is 23.6 Å². The number of thioether (sulfide) groups is 1. The van der Waals surface area contributed by atoms with Crippen LogP contribution in [0.4, 0.5) is 0 Å². The van der Waals surface area contributed by atoms with Gasteiger partial charge < -0.3 is 19.6 Å². The third-order valence-electron chi connectivity index (χ3n) is 10.5. The van der Waals surface area contributed by atoms with Crippen molar-refractivity contribution in [1.29, 1.82) is 10.5 Å². The summed E-state index contributed by atoms with van der Waals surface area (Å²) in [4.78, 5) is 56.4. The van der Waals surface area contributed by atoms with E-state index in [0.717, 1.165) is 22.3 Å². The van der Waals surface area contributed by atoms with Gasteiger partial charge >= 0.3 is 0 Å². The SMILES string of the molecule is CC(=O)N1CCN(C(=O)/C=C/c2ccc(C(SC(c3ccc(/C=C/C(=O)N4CCN(C(C)=O)CC4)cc3Cl)c3ccccc3C#N)c3ccccc3C#N)c(Cl)c2)CC1. The number of benzene rings is 4. The molecule has 4 amide bonds. The molecule has 0 bridgehead atoms. The molecule has 0 saturated carbocycles. The van der Waals surface area contributed by atoms with E-state index >= 15 is 0 Å². The zero-order chi connectivity index (χ0) is 42.1. The highest BCUT2D eigenvalue weighted by Gasteiger charge is 2.30. The molecular weight excluding hydrogens is 804 g/mol. The molecule has 2 fully saturated rings. The molecule has 2 atom stereocenters. The zero-order valence-electron chi connectivity index (χ0n) is 32.7. The fourth-order valence-electron chi connectivity index (χ4n) is 7.17. The van der Waals surface area contributed by atoms with Gasteiger partial charge in [-0.3, -0.25) is 19.2 Å². The van der Waals surface area contributed by atoms with Crippen LogP contribution in [0.5, 0.6) is 0 Å². The van der Waals surface area contributed by atoms with Crippen molar-refractivity contribution in [1.82, 2.24) is 19.6 Å². The van der Waals surface area contributed by atoms with Gasteiger partial charge in [0.1, 0.15) is 0 Å².